The highest BCUT2D eigenvalue weighted by molar-refractivity contribution is 9.10. The van der Waals surface area contributed by atoms with Crippen LogP contribution in [-0.2, 0) is 0 Å². The zero-order valence-electron chi connectivity index (χ0n) is 7.99. The van der Waals surface area contributed by atoms with Gasteiger partial charge in [-0.2, -0.15) is 0 Å². The third-order valence-corrected chi connectivity index (χ3v) is 3.32. The minimum Gasteiger partial charge on any atom is -0.370 e. The molecule has 2 heterocycles. The Hall–Kier alpha value is -0.610. The molecule has 76 valence electrons. The van der Waals surface area contributed by atoms with Crippen molar-refractivity contribution in [2.24, 2.45) is 11.7 Å². The molecule has 1 aromatic heterocycles. The average Bonchev–Trinajstić information content (AvgIpc) is 2.67. The Balaban J connectivity index is 2.13. The zero-order chi connectivity index (χ0) is 9.97. The number of nitrogens with two attached hydrogens (primary N) is 1. The summed E-state index contributed by atoms with van der Waals surface area (Å²) in [6.45, 7) is 2.96. The Kier molecular flexibility index (Phi) is 3.03. The van der Waals surface area contributed by atoms with Gasteiger partial charge >= 0.3 is 0 Å². The predicted octanol–water partition coefficient (Wildman–Crippen LogP) is 1.63. The summed E-state index contributed by atoms with van der Waals surface area (Å²) >= 11 is 3.51. The van der Waals surface area contributed by atoms with Gasteiger partial charge in [0.2, 0.25) is 0 Å². The van der Waals surface area contributed by atoms with E-state index in [0.717, 1.165) is 24.1 Å². The van der Waals surface area contributed by atoms with Crippen molar-refractivity contribution < 1.29 is 0 Å². The quantitative estimate of drug-likeness (QED) is 0.874. The molecule has 3 nitrogen and oxygen atoms in total. The van der Waals surface area contributed by atoms with Gasteiger partial charge in [-0.05, 0) is 40.9 Å². The van der Waals surface area contributed by atoms with E-state index >= 15 is 0 Å². The summed E-state index contributed by atoms with van der Waals surface area (Å²) in [5, 5.41) is 0. The van der Waals surface area contributed by atoms with Crippen molar-refractivity contribution in [2.75, 3.05) is 24.5 Å². The Morgan fingerprint density at radius 2 is 2.50 bits per heavy atom. The average molecular weight is 256 g/mol. The standard InChI is InChI=1S/C10H14BrN3/c11-9-6-13-3-1-10(9)14-4-2-8(5-12)7-14/h1,3,6,8H,2,4-5,7,12H2. The van der Waals surface area contributed by atoms with Crippen LogP contribution in [-0.4, -0.2) is 24.6 Å². The molecule has 1 aliphatic heterocycles. The third-order valence-electron chi connectivity index (χ3n) is 2.71. The van der Waals surface area contributed by atoms with Crippen LogP contribution in [0.3, 0.4) is 0 Å². The van der Waals surface area contributed by atoms with E-state index in [0.29, 0.717) is 5.92 Å². The van der Waals surface area contributed by atoms with Gasteiger partial charge < -0.3 is 10.6 Å². The summed E-state index contributed by atoms with van der Waals surface area (Å²) in [5.41, 5.74) is 6.89. The van der Waals surface area contributed by atoms with Gasteiger partial charge in [-0.3, -0.25) is 4.98 Å². The molecule has 0 radical (unpaired) electrons. The molecule has 0 aromatic carbocycles. The first-order valence-corrected chi connectivity index (χ1v) is 5.65. The predicted molar refractivity (Wildman–Crippen MR) is 61.3 cm³/mol. The van der Waals surface area contributed by atoms with Gasteiger partial charge in [0, 0.05) is 25.5 Å². The maximum atomic E-state index is 5.66. The Bertz CT molecular complexity index is 316. The van der Waals surface area contributed by atoms with Crippen LogP contribution in [0.5, 0.6) is 0 Å². The van der Waals surface area contributed by atoms with Crippen molar-refractivity contribution in [3.05, 3.63) is 22.9 Å². The minimum absolute atomic E-state index is 0.648. The number of aromatic nitrogens is 1. The van der Waals surface area contributed by atoms with Crippen molar-refractivity contribution in [2.45, 2.75) is 6.42 Å². The van der Waals surface area contributed by atoms with Crippen molar-refractivity contribution >= 4 is 21.6 Å². The maximum Gasteiger partial charge on any atom is 0.0592 e. The van der Waals surface area contributed by atoms with Gasteiger partial charge in [0.05, 0.1) is 10.2 Å². The molecule has 2 N–H and O–H groups in total. The first kappa shape index (κ1) is 9.93. The normalized spacial score (nSPS) is 21.6. The van der Waals surface area contributed by atoms with E-state index in [1.54, 1.807) is 0 Å². The van der Waals surface area contributed by atoms with E-state index < -0.39 is 0 Å². The van der Waals surface area contributed by atoms with Crippen LogP contribution in [0.15, 0.2) is 22.9 Å². The molecule has 1 fully saturated rings. The summed E-state index contributed by atoms with van der Waals surface area (Å²) in [5.74, 6) is 0.648. The second-order valence-corrected chi connectivity index (χ2v) is 4.52. The largest absolute Gasteiger partial charge is 0.370 e. The molecule has 1 unspecified atom stereocenters. The van der Waals surface area contributed by atoms with Crippen LogP contribution in [0.2, 0.25) is 0 Å². The number of anilines is 1. The van der Waals surface area contributed by atoms with E-state index in [4.69, 9.17) is 5.73 Å². The highest BCUT2D eigenvalue weighted by Crippen LogP contribution is 2.29. The molecule has 0 amide bonds. The highest BCUT2D eigenvalue weighted by Gasteiger charge is 2.22. The molecule has 1 aromatic rings. The lowest BCUT2D eigenvalue weighted by Gasteiger charge is -2.19. The monoisotopic (exact) mass is 255 g/mol. The van der Waals surface area contributed by atoms with Crippen LogP contribution in [0.4, 0.5) is 5.69 Å². The number of halogens is 1. The van der Waals surface area contributed by atoms with Gasteiger partial charge in [0.1, 0.15) is 0 Å². The molecule has 4 heteroatoms. The molecule has 1 atom stereocenters. The molecular formula is C10H14BrN3. The van der Waals surface area contributed by atoms with Crippen molar-refractivity contribution in [1.29, 1.82) is 0 Å². The van der Waals surface area contributed by atoms with Crippen LogP contribution in [0.25, 0.3) is 0 Å². The molecule has 1 saturated heterocycles. The summed E-state index contributed by atoms with van der Waals surface area (Å²) in [6.07, 6.45) is 4.87. The van der Waals surface area contributed by atoms with E-state index in [-0.39, 0.29) is 0 Å². The summed E-state index contributed by atoms with van der Waals surface area (Å²) in [7, 11) is 0. The number of pyridine rings is 1. The lowest BCUT2D eigenvalue weighted by atomic mass is 10.1. The zero-order valence-corrected chi connectivity index (χ0v) is 9.57. The Morgan fingerprint density at radius 1 is 1.64 bits per heavy atom. The van der Waals surface area contributed by atoms with Gasteiger partial charge in [-0.15, -0.1) is 0 Å². The molecule has 2 rings (SSSR count). The first-order chi connectivity index (χ1) is 6.81. The number of rotatable bonds is 2. The lowest BCUT2D eigenvalue weighted by Crippen LogP contribution is -2.22. The summed E-state index contributed by atoms with van der Waals surface area (Å²) in [6, 6.07) is 2.04. The molecule has 1 aliphatic rings. The smallest absolute Gasteiger partial charge is 0.0592 e. The van der Waals surface area contributed by atoms with Crippen LogP contribution in [0.1, 0.15) is 6.42 Å². The third kappa shape index (κ3) is 1.91. The number of nitrogens with zero attached hydrogens (tertiary/aromatic N) is 2. The van der Waals surface area contributed by atoms with Crippen molar-refractivity contribution in [3.63, 3.8) is 0 Å². The van der Waals surface area contributed by atoms with E-state index in [9.17, 15) is 0 Å². The fourth-order valence-corrected chi connectivity index (χ4v) is 2.37. The Labute approximate surface area is 92.4 Å². The fourth-order valence-electron chi connectivity index (χ4n) is 1.87. The van der Waals surface area contributed by atoms with Gasteiger partial charge in [-0.1, -0.05) is 0 Å². The van der Waals surface area contributed by atoms with E-state index in [1.807, 2.05) is 18.5 Å². The van der Waals surface area contributed by atoms with Gasteiger partial charge in [-0.25, -0.2) is 0 Å². The first-order valence-electron chi connectivity index (χ1n) is 4.86. The molecule has 0 bridgehead atoms. The van der Waals surface area contributed by atoms with Crippen LogP contribution in [0, 0.1) is 5.92 Å². The second-order valence-electron chi connectivity index (χ2n) is 3.66. The lowest BCUT2D eigenvalue weighted by molar-refractivity contribution is 0.602. The second kappa shape index (κ2) is 4.28. The minimum atomic E-state index is 0.648. The molecule has 0 aliphatic carbocycles. The van der Waals surface area contributed by atoms with Gasteiger partial charge in [0.15, 0.2) is 0 Å². The summed E-state index contributed by atoms with van der Waals surface area (Å²) < 4.78 is 1.07. The van der Waals surface area contributed by atoms with E-state index in [1.165, 1.54) is 12.1 Å². The van der Waals surface area contributed by atoms with Crippen molar-refractivity contribution in [3.8, 4) is 0 Å². The highest BCUT2D eigenvalue weighted by atomic mass is 79.9. The molecule has 14 heavy (non-hydrogen) atoms. The maximum absolute atomic E-state index is 5.66. The fraction of sp³-hybridized carbons (Fsp3) is 0.500. The summed E-state index contributed by atoms with van der Waals surface area (Å²) in [4.78, 5) is 6.42. The van der Waals surface area contributed by atoms with Crippen LogP contribution < -0.4 is 10.6 Å². The number of hydrogen-bond acceptors (Lipinski definition) is 3. The SMILES string of the molecule is NCC1CCN(c2ccncc2Br)C1. The Morgan fingerprint density at radius 3 is 3.14 bits per heavy atom. The molecular weight excluding hydrogens is 242 g/mol. The van der Waals surface area contributed by atoms with Crippen LogP contribution >= 0.6 is 15.9 Å². The van der Waals surface area contributed by atoms with E-state index in [2.05, 4.69) is 25.8 Å². The molecule has 0 spiro atoms. The topological polar surface area (TPSA) is 42.1 Å². The number of hydrogen-bond donors (Lipinski definition) is 1. The van der Waals surface area contributed by atoms with Gasteiger partial charge in [0.25, 0.3) is 0 Å². The molecule has 0 saturated carbocycles. The van der Waals surface area contributed by atoms with Crippen molar-refractivity contribution in [1.82, 2.24) is 4.98 Å².